The Kier molecular flexibility index (Phi) is 5.17. The minimum Gasteiger partial charge on any atom is -0.469 e. The van der Waals surface area contributed by atoms with Crippen LogP contribution in [0.1, 0.15) is 33.6 Å². The first-order chi connectivity index (χ1) is 8.78. The maximum atomic E-state index is 12.1. The van der Waals surface area contributed by atoms with Crippen LogP contribution in [0.25, 0.3) is 0 Å². The van der Waals surface area contributed by atoms with Crippen molar-refractivity contribution >= 4 is 12.1 Å². The highest BCUT2D eigenvalue weighted by Crippen LogP contribution is 2.24. The molecule has 0 saturated carbocycles. The summed E-state index contributed by atoms with van der Waals surface area (Å²) in [6.07, 6.45) is 0.673. The van der Waals surface area contributed by atoms with Crippen molar-refractivity contribution in [1.29, 1.82) is 0 Å². The lowest BCUT2D eigenvalue weighted by Crippen LogP contribution is -2.51. The van der Waals surface area contributed by atoms with Crippen LogP contribution in [0.3, 0.4) is 0 Å². The Morgan fingerprint density at radius 1 is 1.32 bits per heavy atom. The predicted octanol–water partition coefficient (Wildman–Crippen LogP) is 1.17. The number of hydrogen-bond acceptors (Lipinski definition) is 5. The van der Waals surface area contributed by atoms with Gasteiger partial charge in [0, 0.05) is 6.54 Å². The van der Waals surface area contributed by atoms with E-state index in [2.05, 4.69) is 0 Å². The van der Waals surface area contributed by atoms with Gasteiger partial charge in [-0.1, -0.05) is 0 Å². The smallest absolute Gasteiger partial charge is 0.410 e. The summed E-state index contributed by atoms with van der Waals surface area (Å²) in [7, 11) is 1.33. The van der Waals surface area contributed by atoms with Gasteiger partial charge in [0.15, 0.2) is 0 Å². The van der Waals surface area contributed by atoms with Crippen LogP contribution in [-0.2, 0) is 14.3 Å². The molecule has 2 atom stereocenters. The molecule has 0 aromatic rings. The standard InChI is InChI=1S/C13H23NO5/c1-13(2,3)19-12(17)14-7-9(11(16)18-4)5-6-10(14)8-15/h9-10,15H,5-8H2,1-4H3/t9-,10+/m1/s1. The third-order valence-electron chi connectivity index (χ3n) is 3.08. The largest absolute Gasteiger partial charge is 0.469 e. The van der Waals surface area contributed by atoms with Crippen LogP contribution in [0.4, 0.5) is 4.79 Å². The summed E-state index contributed by atoms with van der Waals surface area (Å²) in [5.74, 6) is -0.676. The number of aliphatic hydroxyl groups excluding tert-OH is 1. The van der Waals surface area contributed by atoms with Crippen molar-refractivity contribution in [2.45, 2.75) is 45.3 Å². The Labute approximate surface area is 113 Å². The first kappa shape index (κ1) is 15.8. The van der Waals surface area contributed by atoms with Crippen LogP contribution in [-0.4, -0.2) is 54.0 Å². The van der Waals surface area contributed by atoms with Crippen LogP contribution < -0.4 is 0 Å². The van der Waals surface area contributed by atoms with Gasteiger partial charge in [-0.3, -0.25) is 4.79 Å². The Morgan fingerprint density at radius 3 is 2.42 bits per heavy atom. The van der Waals surface area contributed by atoms with Crippen molar-refractivity contribution < 1.29 is 24.2 Å². The summed E-state index contributed by atoms with van der Waals surface area (Å²) in [6.45, 7) is 5.43. The molecule has 1 aliphatic heterocycles. The fourth-order valence-electron chi connectivity index (χ4n) is 2.12. The number of amides is 1. The highest BCUT2D eigenvalue weighted by molar-refractivity contribution is 5.75. The lowest BCUT2D eigenvalue weighted by molar-refractivity contribution is -0.147. The summed E-state index contributed by atoms with van der Waals surface area (Å²) in [6, 6.07) is -0.296. The fourth-order valence-corrected chi connectivity index (χ4v) is 2.12. The van der Waals surface area contributed by atoms with Crippen LogP contribution in [0.2, 0.25) is 0 Å². The first-order valence-electron chi connectivity index (χ1n) is 6.46. The fraction of sp³-hybridized carbons (Fsp3) is 0.846. The van der Waals surface area contributed by atoms with Gasteiger partial charge in [-0.15, -0.1) is 0 Å². The molecule has 1 aliphatic rings. The van der Waals surface area contributed by atoms with Gasteiger partial charge in [-0.05, 0) is 33.6 Å². The van der Waals surface area contributed by atoms with E-state index in [1.165, 1.54) is 12.0 Å². The van der Waals surface area contributed by atoms with E-state index < -0.39 is 11.7 Å². The molecule has 110 valence electrons. The average molecular weight is 273 g/mol. The Bertz CT molecular complexity index is 336. The third-order valence-corrected chi connectivity index (χ3v) is 3.08. The third kappa shape index (κ3) is 4.38. The summed E-state index contributed by atoms with van der Waals surface area (Å²) in [5.41, 5.74) is -0.602. The van der Waals surface area contributed by atoms with Gasteiger partial charge in [0.25, 0.3) is 0 Å². The van der Waals surface area contributed by atoms with E-state index in [0.29, 0.717) is 12.8 Å². The second-order valence-corrected chi connectivity index (χ2v) is 5.77. The van der Waals surface area contributed by atoms with E-state index in [4.69, 9.17) is 9.47 Å². The van der Waals surface area contributed by atoms with E-state index in [1.807, 2.05) is 0 Å². The van der Waals surface area contributed by atoms with E-state index in [1.54, 1.807) is 20.8 Å². The van der Waals surface area contributed by atoms with E-state index >= 15 is 0 Å². The van der Waals surface area contributed by atoms with Gasteiger partial charge in [-0.2, -0.15) is 0 Å². The Morgan fingerprint density at radius 2 is 1.95 bits per heavy atom. The molecule has 1 rings (SSSR count). The van der Waals surface area contributed by atoms with Gasteiger partial charge in [0.1, 0.15) is 5.60 Å². The summed E-state index contributed by atoms with van der Waals surface area (Å²) in [4.78, 5) is 25.1. The van der Waals surface area contributed by atoms with Crippen molar-refractivity contribution in [3.05, 3.63) is 0 Å². The number of rotatable bonds is 2. The van der Waals surface area contributed by atoms with Crippen molar-refractivity contribution in [2.24, 2.45) is 5.92 Å². The number of carbonyl (C=O) groups excluding carboxylic acids is 2. The molecule has 0 radical (unpaired) electrons. The molecule has 1 heterocycles. The zero-order chi connectivity index (χ0) is 14.6. The molecule has 0 bridgehead atoms. The zero-order valence-corrected chi connectivity index (χ0v) is 12.0. The van der Waals surface area contributed by atoms with Crippen LogP contribution in [0.5, 0.6) is 0 Å². The molecule has 6 nitrogen and oxygen atoms in total. The molecule has 1 saturated heterocycles. The molecule has 6 heteroatoms. The predicted molar refractivity (Wildman–Crippen MR) is 68.6 cm³/mol. The van der Waals surface area contributed by atoms with Crippen molar-refractivity contribution in [2.75, 3.05) is 20.3 Å². The molecular weight excluding hydrogens is 250 g/mol. The van der Waals surface area contributed by atoms with Gasteiger partial charge in [0.2, 0.25) is 0 Å². The highest BCUT2D eigenvalue weighted by atomic mass is 16.6. The lowest BCUT2D eigenvalue weighted by Gasteiger charge is -2.38. The quantitative estimate of drug-likeness (QED) is 0.764. The van der Waals surface area contributed by atoms with Crippen molar-refractivity contribution in [1.82, 2.24) is 4.90 Å². The number of hydrogen-bond donors (Lipinski definition) is 1. The molecule has 0 aromatic heterocycles. The number of aliphatic hydroxyl groups is 1. The molecule has 19 heavy (non-hydrogen) atoms. The monoisotopic (exact) mass is 273 g/mol. The number of likely N-dealkylation sites (tertiary alicyclic amines) is 1. The van der Waals surface area contributed by atoms with Crippen molar-refractivity contribution in [3.8, 4) is 0 Å². The SMILES string of the molecule is COC(=O)[C@@H]1CC[C@@H](CO)N(C(=O)OC(C)(C)C)C1. The molecule has 0 spiro atoms. The molecule has 0 aliphatic carbocycles. The summed E-state index contributed by atoms with van der Waals surface area (Å²) >= 11 is 0. The minimum atomic E-state index is -0.602. The van der Waals surface area contributed by atoms with Crippen molar-refractivity contribution in [3.63, 3.8) is 0 Å². The number of methoxy groups -OCH3 is 1. The van der Waals surface area contributed by atoms with Gasteiger partial charge in [0.05, 0.1) is 25.7 Å². The second-order valence-electron chi connectivity index (χ2n) is 5.77. The first-order valence-corrected chi connectivity index (χ1v) is 6.46. The minimum absolute atomic E-state index is 0.132. The lowest BCUT2D eigenvalue weighted by atomic mass is 9.93. The molecular formula is C13H23NO5. The van der Waals surface area contributed by atoms with Crippen LogP contribution >= 0.6 is 0 Å². The molecule has 1 N–H and O–H groups in total. The summed E-state index contributed by atoms with van der Waals surface area (Å²) < 4.78 is 10.0. The number of piperidine rings is 1. The average Bonchev–Trinajstić information content (AvgIpc) is 2.35. The molecule has 1 fully saturated rings. The number of ether oxygens (including phenoxy) is 2. The number of nitrogens with zero attached hydrogens (tertiary/aromatic N) is 1. The Balaban J connectivity index is 2.75. The topological polar surface area (TPSA) is 76.1 Å². The van der Waals surface area contributed by atoms with E-state index in [9.17, 15) is 14.7 Å². The molecule has 0 aromatic carbocycles. The van der Waals surface area contributed by atoms with E-state index in [0.717, 1.165) is 0 Å². The zero-order valence-electron chi connectivity index (χ0n) is 12.0. The Hall–Kier alpha value is -1.30. The number of esters is 1. The summed E-state index contributed by atoms with van der Waals surface area (Å²) in [5, 5.41) is 9.33. The van der Waals surface area contributed by atoms with Gasteiger partial charge < -0.3 is 19.5 Å². The highest BCUT2D eigenvalue weighted by Gasteiger charge is 2.36. The molecule has 1 amide bonds. The van der Waals surface area contributed by atoms with Gasteiger partial charge >= 0.3 is 12.1 Å². The second kappa shape index (κ2) is 6.23. The van der Waals surface area contributed by atoms with E-state index in [-0.39, 0.29) is 31.1 Å². The van der Waals surface area contributed by atoms with Crippen LogP contribution in [0.15, 0.2) is 0 Å². The maximum Gasteiger partial charge on any atom is 0.410 e. The van der Waals surface area contributed by atoms with Crippen LogP contribution in [0, 0.1) is 5.92 Å². The molecule has 0 unspecified atom stereocenters. The van der Waals surface area contributed by atoms with Gasteiger partial charge in [-0.25, -0.2) is 4.79 Å². The maximum absolute atomic E-state index is 12.1. The number of carbonyl (C=O) groups is 2. The normalized spacial score (nSPS) is 23.9.